The van der Waals surface area contributed by atoms with E-state index in [0.29, 0.717) is 11.5 Å². The summed E-state index contributed by atoms with van der Waals surface area (Å²) >= 11 is 0. The Bertz CT molecular complexity index is 638. The number of amides is 1. The molecule has 1 aliphatic carbocycles. The average molecular weight is 317 g/mol. The van der Waals surface area contributed by atoms with Gasteiger partial charge in [-0.05, 0) is 48.1 Å². The van der Waals surface area contributed by atoms with Gasteiger partial charge in [0.1, 0.15) is 12.1 Å². The fourth-order valence-electron chi connectivity index (χ4n) is 3.10. The van der Waals surface area contributed by atoms with E-state index in [0.717, 1.165) is 32.2 Å². The summed E-state index contributed by atoms with van der Waals surface area (Å²) in [5.74, 6) is 0.271. The van der Waals surface area contributed by atoms with E-state index in [-0.39, 0.29) is 24.2 Å². The van der Waals surface area contributed by atoms with Crippen molar-refractivity contribution in [3.05, 3.63) is 42.0 Å². The molecule has 1 saturated carbocycles. The topological polar surface area (TPSA) is 72.7 Å². The van der Waals surface area contributed by atoms with E-state index >= 15 is 0 Å². The summed E-state index contributed by atoms with van der Waals surface area (Å²) < 4.78 is 15.3. The summed E-state index contributed by atoms with van der Waals surface area (Å²) in [7, 11) is 0. The Balaban J connectivity index is 1.44. The summed E-state index contributed by atoms with van der Waals surface area (Å²) in [4.78, 5) is 12.2. The monoisotopic (exact) mass is 317 g/mol. The molecule has 1 N–H and O–H groups in total. The van der Waals surface area contributed by atoms with Gasteiger partial charge in [-0.3, -0.25) is 4.79 Å². The van der Waals surface area contributed by atoms with Gasteiger partial charge in [0.25, 0.3) is 0 Å². The summed E-state index contributed by atoms with van der Waals surface area (Å²) in [5.41, 5.74) is 0.521. The van der Waals surface area contributed by atoms with E-state index in [1.807, 2.05) is 0 Å². The third-order valence-electron chi connectivity index (χ3n) is 4.47. The third kappa shape index (κ3) is 4.12. The molecule has 0 spiro atoms. The molecule has 3 rings (SSSR count). The molecule has 7 heteroatoms. The second-order valence-electron chi connectivity index (χ2n) is 6.06. The van der Waals surface area contributed by atoms with Crippen LogP contribution in [0.5, 0.6) is 0 Å². The van der Waals surface area contributed by atoms with Crippen molar-refractivity contribution < 1.29 is 9.18 Å². The Labute approximate surface area is 134 Å². The molecule has 0 bridgehead atoms. The van der Waals surface area contributed by atoms with Gasteiger partial charge in [0.2, 0.25) is 5.91 Å². The van der Waals surface area contributed by atoms with Crippen LogP contribution in [0.3, 0.4) is 0 Å². The first kappa shape index (κ1) is 15.6. The molecule has 1 heterocycles. The van der Waals surface area contributed by atoms with Crippen LogP contribution in [0, 0.1) is 17.7 Å². The Kier molecular flexibility index (Phi) is 4.95. The minimum absolute atomic E-state index is 0.0203. The maximum Gasteiger partial charge on any atom is 0.223 e. The molecule has 23 heavy (non-hydrogen) atoms. The summed E-state index contributed by atoms with van der Waals surface area (Å²) in [5, 5.41) is 14.0. The number of rotatable bonds is 5. The second-order valence-corrected chi connectivity index (χ2v) is 6.06. The molecule has 0 aliphatic heterocycles. The lowest BCUT2D eigenvalue weighted by molar-refractivity contribution is -0.126. The summed E-state index contributed by atoms with van der Waals surface area (Å²) in [6.07, 6.45) is 5.30. The van der Waals surface area contributed by atoms with Crippen LogP contribution >= 0.6 is 0 Å². The minimum atomic E-state index is -0.280. The lowest BCUT2D eigenvalue weighted by Crippen LogP contribution is -2.33. The van der Waals surface area contributed by atoms with Gasteiger partial charge in [0.05, 0.1) is 0 Å². The number of tetrazole rings is 1. The molecule has 1 aromatic heterocycles. The highest BCUT2D eigenvalue weighted by Crippen LogP contribution is 2.29. The number of aromatic nitrogens is 4. The van der Waals surface area contributed by atoms with Crippen molar-refractivity contribution in [2.75, 3.05) is 0 Å². The fourth-order valence-corrected chi connectivity index (χ4v) is 3.10. The zero-order valence-corrected chi connectivity index (χ0v) is 12.9. The van der Waals surface area contributed by atoms with Crippen molar-refractivity contribution in [3.63, 3.8) is 0 Å². The van der Waals surface area contributed by atoms with E-state index in [1.165, 1.54) is 6.07 Å². The van der Waals surface area contributed by atoms with Gasteiger partial charge in [-0.2, -0.15) is 0 Å². The van der Waals surface area contributed by atoms with Crippen LogP contribution < -0.4 is 5.32 Å². The van der Waals surface area contributed by atoms with Crippen LogP contribution in [0.25, 0.3) is 0 Å². The number of hydrogen-bond acceptors (Lipinski definition) is 4. The molecule has 0 radical (unpaired) electrons. The van der Waals surface area contributed by atoms with Crippen molar-refractivity contribution in [3.8, 4) is 0 Å². The number of nitrogens with one attached hydrogen (secondary N) is 1. The van der Waals surface area contributed by atoms with Crippen molar-refractivity contribution in [1.82, 2.24) is 25.5 Å². The Morgan fingerprint density at radius 2 is 2.04 bits per heavy atom. The van der Waals surface area contributed by atoms with Gasteiger partial charge >= 0.3 is 0 Å². The number of halogens is 1. The van der Waals surface area contributed by atoms with Crippen molar-refractivity contribution in [2.45, 2.75) is 38.8 Å². The van der Waals surface area contributed by atoms with Crippen molar-refractivity contribution in [2.24, 2.45) is 11.8 Å². The minimum Gasteiger partial charge on any atom is -0.352 e. The quantitative estimate of drug-likeness (QED) is 0.914. The average Bonchev–Trinajstić information content (AvgIpc) is 3.07. The van der Waals surface area contributed by atoms with Crippen molar-refractivity contribution in [1.29, 1.82) is 0 Å². The van der Waals surface area contributed by atoms with E-state index in [9.17, 15) is 9.18 Å². The molecule has 1 fully saturated rings. The standard InChI is InChI=1S/C16H20FN5O/c17-15-4-2-1-3-14(15)9-18-16(23)13-7-5-12(6-8-13)10-22-11-19-20-21-22/h1-4,11-13H,5-10H2,(H,18,23). The predicted molar refractivity (Wildman–Crippen MR) is 81.5 cm³/mol. The van der Waals surface area contributed by atoms with Gasteiger partial charge in [0.15, 0.2) is 0 Å². The Morgan fingerprint density at radius 3 is 2.74 bits per heavy atom. The molecule has 122 valence electrons. The Hall–Kier alpha value is -2.31. The molecule has 1 aliphatic rings. The normalized spacial score (nSPS) is 21.1. The molecule has 0 atom stereocenters. The maximum absolute atomic E-state index is 13.5. The van der Waals surface area contributed by atoms with Gasteiger partial charge in [0, 0.05) is 24.6 Å². The van der Waals surface area contributed by atoms with Gasteiger partial charge in [-0.15, -0.1) is 5.10 Å². The van der Waals surface area contributed by atoms with Gasteiger partial charge < -0.3 is 5.32 Å². The predicted octanol–water partition coefficient (Wildman–Crippen LogP) is 1.93. The first-order chi connectivity index (χ1) is 11.2. The van der Waals surface area contributed by atoms with Crippen LogP contribution in [0.2, 0.25) is 0 Å². The maximum atomic E-state index is 13.5. The molecular weight excluding hydrogens is 297 g/mol. The molecule has 0 unspecified atom stereocenters. The number of nitrogens with zero attached hydrogens (tertiary/aromatic N) is 4. The highest BCUT2D eigenvalue weighted by atomic mass is 19.1. The van der Waals surface area contributed by atoms with Crippen molar-refractivity contribution >= 4 is 5.91 Å². The molecule has 1 aromatic carbocycles. The zero-order valence-electron chi connectivity index (χ0n) is 12.9. The third-order valence-corrected chi connectivity index (χ3v) is 4.47. The van der Waals surface area contributed by atoms with Gasteiger partial charge in [-0.1, -0.05) is 18.2 Å². The molecule has 6 nitrogen and oxygen atoms in total. The zero-order chi connectivity index (χ0) is 16.1. The largest absolute Gasteiger partial charge is 0.352 e. The van der Waals surface area contributed by atoms with E-state index in [2.05, 4.69) is 20.8 Å². The number of carbonyl (C=O) groups is 1. The molecule has 1 amide bonds. The van der Waals surface area contributed by atoms with Crippen LogP contribution in [-0.4, -0.2) is 26.1 Å². The number of carbonyl (C=O) groups excluding carboxylic acids is 1. The first-order valence-corrected chi connectivity index (χ1v) is 7.94. The van der Waals surface area contributed by atoms with E-state index < -0.39 is 0 Å². The second kappa shape index (κ2) is 7.30. The van der Waals surface area contributed by atoms with Crippen LogP contribution in [-0.2, 0) is 17.9 Å². The Morgan fingerprint density at radius 1 is 1.26 bits per heavy atom. The number of hydrogen-bond donors (Lipinski definition) is 1. The lowest BCUT2D eigenvalue weighted by atomic mass is 9.81. The van der Waals surface area contributed by atoms with Gasteiger partial charge in [-0.25, -0.2) is 9.07 Å². The molecular formula is C16H20FN5O. The van der Waals surface area contributed by atoms with Crippen LogP contribution in [0.1, 0.15) is 31.2 Å². The molecule has 0 saturated heterocycles. The SMILES string of the molecule is O=C(NCc1ccccc1F)C1CCC(Cn2cnnn2)CC1. The van der Waals surface area contributed by atoms with E-state index in [4.69, 9.17) is 0 Å². The number of benzene rings is 1. The highest BCUT2D eigenvalue weighted by molar-refractivity contribution is 5.78. The molecule has 2 aromatic rings. The highest BCUT2D eigenvalue weighted by Gasteiger charge is 2.26. The smallest absolute Gasteiger partial charge is 0.223 e. The van der Waals surface area contributed by atoms with E-state index in [1.54, 1.807) is 29.2 Å². The summed E-state index contributed by atoms with van der Waals surface area (Å²) in [6, 6.07) is 6.52. The summed E-state index contributed by atoms with van der Waals surface area (Å²) in [6.45, 7) is 1.05. The first-order valence-electron chi connectivity index (χ1n) is 7.94. The fraction of sp³-hybridized carbons (Fsp3) is 0.500. The van der Waals surface area contributed by atoms with Crippen LogP contribution in [0.4, 0.5) is 4.39 Å². The lowest BCUT2D eigenvalue weighted by Gasteiger charge is -2.27. The van der Waals surface area contributed by atoms with Crippen LogP contribution in [0.15, 0.2) is 30.6 Å².